The van der Waals surface area contributed by atoms with Gasteiger partial charge >= 0.3 is 0 Å². The van der Waals surface area contributed by atoms with Crippen LogP contribution in [0.25, 0.3) is 11.0 Å². The third-order valence-electron chi connectivity index (χ3n) is 7.90. The van der Waals surface area contributed by atoms with Crippen LogP contribution in [0.4, 0.5) is 0 Å². The summed E-state index contributed by atoms with van der Waals surface area (Å²) < 4.78 is 10.1. The fourth-order valence-electron chi connectivity index (χ4n) is 5.89. The molecule has 1 aliphatic carbocycles. The number of carbonyl (C=O) groups is 1. The first kappa shape index (κ1) is 27.1. The molecule has 0 spiro atoms. The van der Waals surface area contributed by atoms with Crippen molar-refractivity contribution in [3.63, 3.8) is 0 Å². The molecule has 1 aliphatic rings. The lowest BCUT2D eigenvalue weighted by Crippen LogP contribution is -2.29. The molecule has 0 unspecified atom stereocenters. The number of aryl methyl sites for hydroxylation is 2. The van der Waals surface area contributed by atoms with Gasteiger partial charge in [0, 0.05) is 53.1 Å². The van der Waals surface area contributed by atoms with Crippen molar-refractivity contribution in [1.29, 1.82) is 0 Å². The number of hydrogen-bond donors (Lipinski definition) is 2. The molecule has 0 radical (unpaired) electrons. The molecule has 0 aliphatic heterocycles. The van der Waals surface area contributed by atoms with Gasteiger partial charge in [-0.3, -0.25) is 14.3 Å². The molecule has 0 saturated heterocycles. The van der Waals surface area contributed by atoms with E-state index in [1.165, 1.54) is 11.8 Å². The Labute approximate surface area is 232 Å². The number of aromatic amines is 1. The number of amides is 1. The molecular weight excluding hydrogens is 512 g/mol. The molecule has 39 heavy (non-hydrogen) atoms. The first-order chi connectivity index (χ1) is 18.8. The lowest BCUT2D eigenvalue weighted by Gasteiger charge is -2.33. The SMILES string of the molecule is CSc1cc(C)[nH]c(=O)c1CNC(=O)c1c(C)n([C@H](C)C2CCC(Oc3cnn(C)c3)CC2)c2ncccc12. The third-order valence-corrected chi connectivity index (χ3v) is 8.71. The fourth-order valence-corrected chi connectivity index (χ4v) is 6.59. The predicted molar refractivity (Wildman–Crippen MR) is 154 cm³/mol. The van der Waals surface area contributed by atoms with Crippen LogP contribution in [0, 0.1) is 19.8 Å². The van der Waals surface area contributed by atoms with Crippen LogP contribution in [0.15, 0.2) is 46.5 Å². The number of aromatic nitrogens is 5. The predicted octanol–water partition coefficient (Wildman–Crippen LogP) is 4.93. The summed E-state index contributed by atoms with van der Waals surface area (Å²) in [6.07, 6.45) is 11.6. The van der Waals surface area contributed by atoms with Crippen molar-refractivity contribution in [2.24, 2.45) is 13.0 Å². The second kappa shape index (κ2) is 11.3. The minimum Gasteiger partial charge on any atom is -0.487 e. The van der Waals surface area contributed by atoms with Crippen LogP contribution in [-0.2, 0) is 13.6 Å². The van der Waals surface area contributed by atoms with Crippen molar-refractivity contribution in [1.82, 2.24) is 29.6 Å². The molecule has 2 N–H and O–H groups in total. The molecule has 4 heterocycles. The first-order valence-electron chi connectivity index (χ1n) is 13.4. The van der Waals surface area contributed by atoms with Crippen LogP contribution in [0.5, 0.6) is 5.75 Å². The molecule has 4 aromatic rings. The van der Waals surface area contributed by atoms with E-state index in [1.807, 2.05) is 51.5 Å². The van der Waals surface area contributed by atoms with Crippen LogP contribution < -0.4 is 15.6 Å². The van der Waals surface area contributed by atoms with Gasteiger partial charge in [0.15, 0.2) is 5.75 Å². The Morgan fingerprint density at radius 3 is 2.74 bits per heavy atom. The highest BCUT2D eigenvalue weighted by Gasteiger charge is 2.31. The number of pyridine rings is 2. The van der Waals surface area contributed by atoms with E-state index in [-0.39, 0.29) is 30.2 Å². The highest BCUT2D eigenvalue weighted by Crippen LogP contribution is 2.38. The Bertz CT molecular complexity index is 1550. The Balaban J connectivity index is 1.35. The Morgan fingerprint density at radius 1 is 1.28 bits per heavy atom. The highest BCUT2D eigenvalue weighted by molar-refractivity contribution is 7.98. The molecule has 1 fully saturated rings. The second-order valence-electron chi connectivity index (χ2n) is 10.5. The minimum atomic E-state index is -0.197. The van der Waals surface area contributed by atoms with Crippen LogP contribution in [0.3, 0.4) is 0 Å². The van der Waals surface area contributed by atoms with Gasteiger partial charge in [-0.25, -0.2) is 4.98 Å². The molecule has 0 aromatic carbocycles. The number of nitrogens with one attached hydrogen (secondary N) is 2. The van der Waals surface area contributed by atoms with E-state index >= 15 is 0 Å². The van der Waals surface area contributed by atoms with Gasteiger partial charge in [-0.05, 0) is 76.8 Å². The molecular formula is C29H36N6O3S. The molecule has 206 valence electrons. The van der Waals surface area contributed by atoms with E-state index in [2.05, 4.69) is 26.9 Å². The second-order valence-corrected chi connectivity index (χ2v) is 11.3. The lowest BCUT2D eigenvalue weighted by atomic mass is 9.83. The topological polar surface area (TPSA) is 107 Å². The number of H-pyrrole nitrogens is 1. The average molecular weight is 549 g/mol. The first-order valence-corrected chi connectivity index (χ1v) is 14.6. The number of fused-ring (bicyclic) bond motifs is 1. The van der Waals surface area contributed by atoms with Gasteiger partial charge in [-0.2, -0.15) is 5.10 Å². The van der Waals surface area contributed by atoms with Crippen molar-refractivity contribution >= 4 is 28.7 Å². The van der Waals surface area contributed by atoms with Crippen LogP contribution in [0.2, 0.25) is 0 Å². The average Bonchev–Trinajstić information content (AvgIpc) is 3.46. The highest BCUT2D eigenvalue weighted by atomic mass is 32.2. The van der Waals surface area contributed by atoms with Gasteiger partial charge in [-0.1, -0.05) is 0 Å². The van der Waals surface area contributed by atoms with Crippen molar-refractivity contribution in [2.75, 3.05) is 6.26 Å². The van der Waals surface area contributed by atoms with E-state index in [0.29, 0.717) is 17.0 Å². The summed E-state index contributed by atoms with van der Waals surface area (Å²) in [6.45, 7) is 6.24. The molecule has 1 atom stereocenters. The monoisotopic (exact) mass is 548 g/mol. The number of nitrogens with zero attached hydrogens (tertiary/aromatic N) is 4. The number of rotatable bonds is 8. The van der Waals surface area contributed by atoms with Crippen LogP contribution >= 0.6 is 11.8 Å². The van der Waals surface area contributed by atoms with Crippen molar-refractivity contribution in [2.45, 2.75) is 70.0 Å². The van der Waals surface area contributed by atoms with Crippen LogP contribution in [-0.4, -0.2) is 42.6 Å². The minimum absolute atomic E-state index is 0.160. The van der Waals surface area contributed by atoms with E-state index < -0.39 is 0 Å². The van der Waals surface area contributed by atoms with Gasteiger partial charge < -0.3 is 19.6 Å². The van der Waals surface area contributed by atoms with Gasteiger partial charge in [-0.15, -0.1) is 11.8 Å². The van der Waals surface area contributed by atoms with Crippen LogP contribution in [0.1, 0.15) is 66.0 Å². The smallest absolute Gasteiger partial charge is 0.254 e. The van der Waals surface area contributed by atoms with Gasteiger partial charge in [0.25, 0.3) is 11.5 Å². The maximum atomic E-state index is 13.6. The summed E-state index contributed by atoms with van der Waals surface area (Å²) in [7, 11) is 1.89. The quantitative estimate of drug-likeness (QED) is 0.303. The van der Waals surface area contributed by atoms with E-state index in [9.17, 15) is 9.59 Å². The summed E-state index contributed by atoms with van der Waals surface area (Å²) in [5.41, 5.74) is 3.53. The van der Waals surface area contributed by atoms with Crippen molar-refractivity contribution < 1.29 is 9.53 Å². The molecule has 10 heteroatoms. The maximum Gasteiger partial charge on any atom is 0.254 e. The summed E-state index contributed by atoms with van der Waals surface area (Å²) in [4.78, 5) is 34.6. The molecule has 0 bridgehead atoms. The van der Waals surface area contributed by atoms with Crippen molar-refractivity contribution in [3.05, 3.63) is 69.7 Å². The zero-order chi connectivity index (χ0) is 27.7. The summed E-state index contributed by atoms with van der Waals surface area (Å²) in [6, 6.07) is 5.93. The van der Waals surface area contributed by atoms with Crippen molar-refractivity contribution in [3.8, 4) is 5.75 Å². The zero-order valence-electron chi connectivity index (χ0n) is 23.2. The standard InChI is InChI=1S/C29H36N6O3S/c1-17-13-25(39-5)24(28(36)33-17)15-31-29(37)26-19(3)35(27-23(26)7-6-12-30-27)18(2)20-8-10-21(11-9-20)38-22-14-32-34(4)16-22/h6-7,12-14,16,18,20-21H,8-11,15H2,1-5H3,(H,31,37)(H,33,36)/t18-,20?,21?/m1/s1. The number of hydrogen-bond acceptors (Lipinski definition) is 6. The van der Waals surface area contributed by atoms with Gasteiger partial charge in [0.2, 0.25) is 0 Å². The zero-order valence-corrected chi connectivity index (χ0v) is 24.0. The normalized spacial score (nSPS) is 18.3. The van der Waals surface area contributed by atoms with Gasteiger partial charge in [0.05, 0.1) is 24.1 Å². The van der Waals surface area contributed by atoms with E-state index in [0.717, 1.165) is 58.7 Å². The summed E-state index contributed by atoms with van der Waals surface area (Å²) in [5, 5.41) is 8.04. The van der Waals surface area contributed by atoms with Gasteiger partial charge in [0.1, 0.15) is 5.65 Å². The molecule has 5 rings (SSSR count). The molecule has 1 saturated carbocycles. The maximum absolute atomic E-state index is 13.6. The Kier molecular flexibility index (Phi) is 7.83. The molecule has 9 nitrogen and oxygen atoms in total. The van der Waals surface area contributed by atoms with E-state index in [4.69, 9.17) is 9.72 Å². The third kappa shape index (κ3) is 5.48. The fraction of sp³-hybridized carbons (Fsp3) is 0.448. The number of ether oxygens (including phenoxy) is 1. The lowest BCUT2D eigenvalue weighted by molar-refractivity contribution is 0.0950. The number of thioether (sulfide) groups is 1. The summed E-state index contributed by atoms with van der Waals surface area (Å²) in [5.74, 6) is 1.07. The Morgan fingerprint density at radius 2 is 2.05 bits per heavy atom. The molecule has 4 aromatic heterocycles. The molecule has 1 amide bonds. The Hall–Kier alpha value is -3.53. The largest absolute Gasteiger partial charge is 0.487 e. The van der Waals surface area contributed by atoms with E-state index in [1.54, 1.807) is 17.1 Å². The summed E-state index contributed by atoms with van der Waals surface area (Å²) >= 11 is 1.50. The number of carbonyl (C=O) groups excluding carboxylic acids is 1.